The number of rotatable bonds is 5. The Morgan fingerprint density at radius 1 is 1.13 bits per heavy atom. The molecule has 8 heteroatoms. The number of esters is 1. The highest BCUT2D eigenvalue weighted by molar-refractivity contribution is 8.00. The van der Waals surface area contributed by atoms with Crippen molar-refractivity contribution in [3.8, 4) is 0 Å². The van der Waals surface area contributed by atoms with E-state index in [-0.39, 0.29) is 17.3 Å². The first kappa shape index (κ1) is 15.3. The van der Waals surface area contributed by atoms with Crippen molar-refractivity contribution < 1.29 is 14.3 Å². The summed E-state index contributed by atoms with van der Waals surface area (Å²) in [5.74, 6) is 0.788. The Labute approximate surface area is 139 Å². The third kappa shape index (κ3) is 3.19. The lowest BCUT2D eigenvalue weighted by molar-refractivity contribution is -0.137. The first-order valence-corrected chi connectivity index (χ1v) is 9.32. The van der Waals surface area contributed by atoms with Crippen LogP contribution in [0.25, 0.3) is 0 Å². The van der Waals surface area contributed by atoms with Crippen molar-refractivity contribution >= 4 is 23.7 Å². The van der Waals surface area contributed by atoms with Crippen molar-refractivity contribution in [2.75, 3.05) is 31.2 Å². The number of nitrogens with zero attached hydrogens (tertiary/aromatic N) is 4. The molecule has 126 valence electrons. The molecule has 0 aliphatic carbocycles. The highest BCUT2D eigenvalue weighted by atomic mass is 32.2. The summed E-state index contributed by atoms with van der Waals surface area (Å²) < 4.78 is 13.0. The SMILES string of the molecule is O=C1OCC[C@H]1Sc1nnc(N2CCCC2)n1C[C@@H]1CCCO1. The molecule has 4 rings (SSSR count). The Morgan fingerprint density at radius 2 is 2.00 bits per heavy atom. The van der Waals surface area contributed by atoms with E-state index >= 15 is 0 Å². The third-order valence-electron chi connectivity index (χ3n) is 4.63. The highest BCUT2D eigenvalue weighted by Crippen LogP contribution is 2.32. The van der Waals surface area contributed by atoms with Crippen molar-refractivity contribution in [2.45, 2.75) is 55.2 Å². The van der Waals surface area contributed by atoms with Crippen LogP contribution in [0.4, 0.5) is 5.95 Å². The van der Waals surface area contributed by atoms with Crippen molar-refractivity contribution in [1.29, 1.82) is 0 Å². The maximum Gasteiger partial charge on any atom is 0.319 e. The molecule has 3 fully saturated rings. The first-order chi connectivity index (χ1) is 11.3. The van der Waals surface area contributed by atoms with Gasteiger partial charge < -0.3 is 14.4 Å². The van der Waals surface area contributed by atoms with Crippen molar-refractivity contribution in [3.05, 3.63) is 0 Å². The third-order valence-corrected chi connectivity index (χ3v) is 5.86. The second-order valence-corrected chi connectivity index (χ2v) is 7.45. The van der Waals surface area contributed by atoms with Crippen molar-refractivity contribution in [3.63, 3.8) is 0 Å². The molecular weight excluding hydrogens is 316 g/mol. The van der Waals surface area contributed by atoms with Gasteiger partial charge in [-0.25, -0.2) is 0 Å². The normalized spacial score (nSPS) is 27.8. The lowest BCUT2D eigenvalue weighted by atomic mass is 10.2. The van der Waals surface area contributed by atoms with Gasteiger partial charge in [0.25, 0.3) is 0 Å². The zero-order valence-electron chi connectivity index (χ0n) is 13.1. The number of ether oxygens (including phenoxy) is 2. The average molecular weight is 338 g/mol. The molecule has 23 heavy (non-hydrogen) atoms. The van der Waals surface area contributed by atoms with Gasteiger partial charge in [0.2, 0.25) is 5.95 Å². The minimum absolute atomic E-state index is 0.135. The van der Waals surface area contributed by atoms with Crippen LogP contribution in [0.15, 0.2) is 5.16 Å². The van der Waals surface area contributed by atoms with Crippen LogP contribution in [0.1, 0.15) is 32.1 Å². The molecule has 0 unspecified atom stereocenters. The minimum atomic E-state index is -0.158. The van der Waals surface area contributed by atoms with Crippen LogP contribution >= 0.6 is 11.8 Å². The number of anilines is 1. The minimum Gasteiger partial charge on any atom is -0.465 e. The molecule has 0 bridgehead atoms. The Bertz CT molecular complexity index is 567. The van der Waals surface area contributed by atoms with E-state index in [0.29, 0.717) is 6.61 Å². The van der Waals surface area contributed by atoms with Gasteiger partial charge in [-0.1, -0.05) is 11.8 Å². The van der Waals surface area contributed by atoms with Crippen molar-refractivity contribution in [1.82, 2.24) is 14.8 Å². The zero-order chi connectivity index (χ0) is 15.6. The summed E-state index contributed by atoms with van der Waals surface area (Å²) >= 11 is 1.48. The van der Waals surface area contributed by atoms with Crippen molar-refractivity contribution in [2.24, 2.45) is 0 Å². The average Bonchev–Trinajstić information content (AvgIpc) is 3.31. The largest absolute Gasteiger partial charge is 0.465 e. The predicted octanol–water partition coefficient (Wildman–Crippen LogP) is 1.46. The molecule has 4 heterocycles. The summed E-state index contributed by atoms with van der Waals surface area (Å²) in [5.41, 5.74) is 0. The van der Waals surface area contributed by atoms with Gasteiger partial charge in [-0.3, -0.25) is 9.36 Å². The van der Waals surface area contributed by atoms with E-state index in [1.54, 1.807) is 0 Å². The van der Waals surface area contributed by atoms with Crippen LogP contribution in [-0.2, 0) is 20.8 Å². The highest BCUT2D eigenvalue weighted by Gasteiger charge is 2.32. The van der Waals surface area contributed by atoms with Gasteiger partial charge in [0.05, 0.1) is 19.3 Å². The Morgan fingerprint density at radius 3 is 2.70 bits per heavy atom. The molecule has 1 aromatic rings. The molecule has 0 amide bonds. The van der Waals surface area contributed by atoms with E-state index in [1.165, 1.54) is 24.6 Å². The summed E-state index contributed by atoms with van der Waals surface area (Å²) in [5, 5.41) is 9.44. The first-order valence-electron chi connectivity index (χ1n) is 8.44. The molecular formula is C15H22N4O3S. The Balaban J connectivity index is 1.57. The van der Waals surface area contributed by atoms with Gasteiger partial charge in [0, 0.05) is 26.1 Å². The van der Waals surface area contributed by atoms with E-state index in [1.807, 2.05) is 0 Å². The lowest BCUT2D eigenvalue weighted by Gasteiger charge is -2.20. The summed E-state index contributed by atoms with van der Waals surface area (Å²) in [7, 11) is 0. The van der Waals surface area contributed by atoms with Crippen LogP contribution in [-0.4, -0.2) is 58.4 Å². The monoisotopic (exact) mass is 338 g/mol. The summed E-state index contributed by atoms with van der Waals surface area (Å²) in [6.07, 6.45) is 5.56. The maximum atomic E-state index is 11.8. The Kier molecular flexibility index (Phi) is 4.43. The molecule has 0 saturated carbocycles. The van der Waals surface area contributed by atoms with E-state index < -0.39 is 0 Å². The number of thioether (sulfide) groups is 1. The number of carbonyl (C=O) groups excluding carboxylic acids is 1. The van der Waals surface area contributed by atoms with Crippen LogP contribution in [0, 0.1) is 0 Å². The van der Waals surface area contributed by atoms with E-state index in [4.69, 9.17) is 9.47 Å². The van der Waals surface area contributed by atoms with Crippen LogP contribution in [0.3, 0.4) is 0 Å². The molecule has 3 aliphatic heterocycles. The van der Waals surface area contributed by atoms with Gasteiger partial charge >= 0.3 is 5.97 Å². The fourth-order valence-electron chi connectivity index (χ4n) is 3.38. The topological polar surface area (TPSA) is 69.5 Å². The van der Waals surface area contributed by atoms with E-state index in [0.717, 1.165) is 56.6 Å². The smallest absolute Gasteiger partial charge is 0.319 e. The van der Waals surface area contributed by atoms with Crippen LogP contribution in [0.2, 0.25) is 0 Å². The molecule has 0 aromatic carbocycles. The predicted molar refractivity (Wildman–Crippen MR) is 85.7 cm³/mol. The number of hydrogen-bond donors (Lipinski definition) is 0. The standard InChI is InChI=1S/C15H22N4O3S/c20-13-12(5-9-22-13)23-15-17-16-14(18-6-1-2-7-18)19(15)10-11-4-3-8-21-11/h11-12H,1-10H2/t11-,12+/m0/s1. The van der Waals surface area contributed by atoms with Gasteiger partial charge in [0.15, 0.2) is 5.16 Å². The van der Waals surface area contributed by atoms with Gasteiger partial charge in [-0.15, -0.1) is 10.2 Å². The molecule has 3 aliphatic rings. The quantitative estimate of drug-likeness (QED) is 0.753. The number of cyclic esters (lactones) is 1. The Hall–Kier alpha value is -1.28. The summed E-state index contributed by atoms with van der Waals surface area (Å²) in [4.78, 5) is 14.1. The zero-order valence-corrected chi connectivity index (χ0v) is 14.0. The molecule has 0 N–H and O–H groups in total. The second-order valence-electron chi connectivity index (χ2n) is 6.29. The fourth-order valence-corrected chi connectivity index (χ4v) is 4.39. The molecule has 1 aromatic heterocycles. The number of aromatic nitrogens is 3. The summed E-state index contributed by atoms with van der Waals surface area (Å²) in [6.45, 7) is 4.17. The molecule has 3 saturated heterocycles. The lowest BCUT2D eigenvalue weighted by Crippen LogP contribution is -2.25. The maximum absolute atomic E-state index is 11.8. The molecule has 0 spiro atoms. The van der Waals surface area contributed by atoms with E-state index in [9.17, 15) is 4.79 Å². The summed E-state index contributed by atoms with van der Waals surface area (Å²) in [6, 6.07) is 0. The van der Waals surface area contributed by atoms with Crippen LogP contribution in [0.5, 0.6) is 0 Å². The van der Waals surface area contributed by atoms with Gasteiger partial charge in [-0.2, -0.15) is 0 Å². The fraction of sp³-hybridized carbons (Fsp3) is 0.800. The molecule has 2 atom stereocenters. The molecule has 7 nitrogen and oxygen atoms in total. The number of hydrogen-bond acceptors (Lipinski definition) is 7. The van der Waals surface area contributed by atoms with Crippen LogP contribution < -0.4 is 4.90 Å². The van der Waals surface area contributed by atoms with E-state index in [2.05, 4.69) is 19.7 Å². The molecule has 0 radical (unpaired) electrons. The van der Waals surface area contributed by atoms with Gasteiger partial charge in [-0.05, 0) is 25.7 Å². The van der Waals surface area contributed by atoms with Gasteiger partial charge in [0.1, 0.15) is 5.25 Å². The second kappa shape index (κ2) is 6.68. The number of carbonyl (C=O) groups is 1.